The van der Waals surface area contributed by atoms with Gasteiger partial charge in [0.1, 0.15) is 6.54 Å². The van der Waals surface area contributed by atoms with E-state index in [1.165, 1.54) is 9.80 Å². The Kier molecular flexibility index (Phi) is 6.60. The number of carbonyl (C=O) groups excluding carboxylic acids is 2. The molecule has 1 spiro atoms. The summed E-state index contributed by atoms with van der Waals surface area (Å²) < 4.78 is 11.5. The zero-order chi connectivity index (χ0) is 18.4. The first kappa shape index (κ1) is 19.5. The van der Waals surface area contributed by atoms with Crippen LogP contribution in [0.1, 0.15) is 19.3 Å². The highest BCUT2D eigenvalue weighted by molar-refractivity contribution is 5.88. The molecule has 0 bridgehead atoms. The summed E-state index contributed by atoms with van der Waals surface area (Å²) in [5.74, 6) is -0.212. The molecule has 1 aliphatic heterocycles. The maximum absolute atomic E-state index is 11.8. The Bertz CT molecular complexity index is 515. The number of carbonyl (C=O) groups is 2. The largest absolute Gasteiger partial charge is 0.353 e. The fourth-order valence-electron chi connectivity index (χ4n) is 2.81. The summed E-state index contributed by atoms with van der Waals surface area (Å²) in [5.41, 5.74) is 0. The molecule has 142 valence electrons. The number of hydrogen-bond acceptors (Lipinski definition) is 5. The Morgan fingerprint density at radius 1 is 1.12 bits per heavy atom. The lowest BCUT2D eigenvalue weighted by atomic mass is 10.2. The van der Waals surface area contributed by atoms with Crippen LogP contribution in [0.3, 0.4) is 0 Å². The highest BCUT2D eigenvalue weighted by Gasteiger charge is 2.44. The number of guanidine groups is 1. The van der Waals surface area contributed by atoms with Gasteiger partial charge in [0.2, 0.25) is 11.8 Å². The molecule has 1 heterocycles. The zero-order valence-corrected chi connectivity index (χ0v) is 15.5. The highest BCUT2D eigenvalue weighted by atomic mass is 16.7. The molecular weight excluding hydrogens is 326 g/mol. The van der Waals surface area contributed by atoms with Crippen molar-refractivity contribution in [1.29, 1.82) is 0 Å². The summed E-state index contributed by atoms with van der Waals surface area (Å²) in [6, 6.07) is 0.119. The van der Waals surface area contributed by atoms with Gasteiger partial charge in [-0.15, -0.1) is 0 Å². The SMILES string of the molecule is CN(C)C(=O)CN=C(NCC(=O)N(C)C)NC1CCC2(C1)OCCO2. The Labute approximate surface area is 148 Å². The van der Waals surface area contributed by atoms with E-state index in [0.717, 1.165) is 19.3 Å². The van der Waals surface area contributed by atoms with Crippen LogP contribution in [-0.4, -0.2) is 93.9 Å². The summed E-state index contributed by atoms with van der Waals surface area (Å²) >= 11 is 0. The number of hydrogen-bond donors (Lipinski definition) is 2. The third kappa shape index (κ3) is 5.57. The van der Waals surface area contributed by atoms with E-state index in [1.807, 2.05) is 0 Å². The van der Waals surface area contributed by atoms with E-state index < -0.39 is 5.79 Å². The minimum absolute atomic E-state index is 0.0172. The van der Waals surface area contributed by atoms with Crippen LogP contribution in [-0.2, 0) is 19.1 Å². The molecule has 2 amide bonds. The van der Waals surface area contributed by atoms with Crippen molar-refractivity contribution < 1.29 is 19.1 Å². The Balaban J connectivity index is 1.94. The predicted molar refractivity (Wildman–Crippen MR) is 93.1 cm³/mol. The van der Waals surface area contributed by atoms with Crippen molar-refractivity contribution in [1.82, 2.24) is 20.4 Å². The molecule has 0 radical (unpaired) electrons. The van der Waals surface area contributed by atoms with Gasteiger partial charge >= 0.3 is 0 Å². The second-order valence-electron chi connectivity index (χ2n) is 6.79. The first-order valence-corrected chi connectivity index (χ1v) is 8.54. The number of ether oxygens (including phenoxy) is 2. The molecule has 9 heteroatoms. The second-order valence-corrected chi connectivity index (χ2v) is 6.79. The smallest absolute Gasteiger partial charge is 0.243 e. The molecule has 0 aromatic heterocycles. The van der Waals surface area contributed by atoms with Crippen molar-refractivity contribution >= 4 is 17.8 Å². The van der Waals surface area contributed by atoms with E-state index in [1.54, 1.807) is 28.2 Å². The van der Waals surface area contributed by atoms with E-state index in [0.29, 0.717) is 19.2 Å². The van der Waals surface area contributed by atoms with Crippen molar-refractivity contribution in [3.8, 4) is 0 Å². The maximum Gasteiger partial charge on any atom is 0.243 e. The fraction of sp³-hybridized carbons (Fsp3) is 0.812. The number of rotatable bonds is 5. The molecule has 1 unspecified atom stereocenters. The lowest BCUT2D eigenvalue weighted by Crippen LogP contribution is -2.47. The van der Waals surface area contributed by atoms with Gasteiger partial charge in [-0.1, -0.05) is 0 Å². The fourth-order valence-corrected chi connectivity index (χ4v) is 2.81. The van der Waals surface area contributed by atoms with Crippen LogP contribution in [0.25, 0.3) is 0 Å². The monoisotopic (exact) mass is 355 g/mol. The summed E-state index contributed by atoms with van der Waals surface area (Å²) in [6.45, 7) is 1.38. The first-order valence-electron chi connectivity index (χ1n) is 8.54. The molecule has 1 aliphatic carbocycles. The molecule has 0 aromatic rings. The van der Waals surface area contributed by atoms with E-state index in [2.05, 4.69) is 15.6 Å². The second kappa shape index (κ2) is 8.48. The minimum Gasteiger partial charge on any atom is -0.353 e. The van der Waals surface area contributed by atoms with Crippen LogP contribution < -0.4 is 10.6 Å². The van der Waals surface area contributed by atoms with Crippen molar-refractivity contribution in [3.05, 3.63) is 0 Å². The third-order valence-corrected chi connectivity index (χ3v) is 4.36. The topological polar surface area (TPSA) is 95.5 Å². The van der Waals surface area contributed by atoms with E-state index in [9.17, 15) is 9.59 Å². The van der Waals surface area contributed by atoms with Gasteiger partial charge in [-0.25, -0.2) is 4.99 Å². The average Bonchev–Trinajstić information content (AvgIpc) is 3.19. The highest BCUT2D eigenvalue weighted by Crippen LogP contribution is 2.37. The van der Waals surface area contributed by atoms with Gasteiger partial charge in [0.25, 0.3) is 0 Å². The third-order valence-electron chi connectivity index (χ3n) is 4.36. The van der Waals surface area contributed by atoms with Gasteiger partial charge in [-0.3, -0.25) is 9.59 Å². The van der Waals surface area contributed by atoms with Gasteiger partial charge in [-0.05, 0) is 6.42 Å². The van der Waals surface area contributed by atoms with E-state index >= 15 is 0 Å². The predicted octanol–water partition coefficient (Wildman–Crippen LogP) is -1.01. The Hall–Kier alpha value is -1.87. The van der Waals surface area contributed by atoms with Crippen molar-refractivity contribution in [2.45, 2.75) is 31.1 Å². The van der Waals surface area contributed by atoms with Gasteiger partial charge in [0.05, 0.1) is 19.8 Å². The van der Waals surface area contributed by atoms with Gasteiger partial charge < -0.3 is 29.9 Å². The van der Waals surface area contributed by atoms with Crippen molar-refractivity contribution in [3.63, 3.8) is 0 Å². The Morgan fingerprint density at radius 2 is 1.76 bits per heavy atom. The molecule has 2 fully saturated rings. The maximum atomic E-state index is 11.8. The van der Waals surface area contributed by atoms with E-state index in [-0.39, 0.29) is 30.9 Å². The molecule has 9 nitrogen and oxygen atoms in total. The molecule has 2 rings (SSSR count). The number of likely N-dealkylation sites (N-methyl/N-ethyl adjacent to an activating group) is 2. The quantitative estimate of drug-likeness (QED) is 0.485. The number of nitrogens with one attached hydrogen (secondary N) is 2. The molecule has 1 saturated heterocycles. The Morgan fingerprint density at radius 3 is 2.36 bits per heavy atom. The molecule has 0 aromatic carbocycles. The van der Waals surface area contributed by atoms with Crippen LogP contribution in [0.5, 0.6) is 0 Å². The van der Waals surface area contributed by atoms with Crippen LogP contribution in [0.2, 0.25) is 0 Å². The summed E-state index contributed by atoms with van der Waals surface area (Å²) in [6.07, 6.45) is 2.42. The summed E-state index contributed by atoms with van der Waals surface area (Å²) in [5, 5.41) is 6.29. The molecular formula is C16H29N5O4. The van der Waals surface area contributed by atoms with Crippen LogP contribution in [0, 0.1) is 0 Å². The molecule has 1 saturated carbocycles. The molecule has 2 aliphatic rings. The van der Waals surface area contributed by atoms with Crippen LogP contribution >= 0.6 is 0 Å². The summed E-state index contributed by atoms with van der Waals surface area (Å²) in [7, 11) is 6.76. The van der Waals surface area contributed by atoms with Crippen LogP contribution in [0.4, 0.5) is 0 Å². The van der Waals surface area contributed by atoms with Crippen molar-refractivity contribution in [2.75, 3.05) is 54.5 Å². The van der Waals surface area contributed by atoms with Crippen LogP contribution in [0.15, 0.2) is 4.99 Å². The van der Waals surface area contributed by atoms with Gasteiger partial charge in [0, 0.05) is 47.1 Å². The molecule has 1 atom stereocenters. The number of amides is 2. The summed E-state index contributed by atoms with van der Waals surface area (Å²) in [4.78, 5) is 30.9. The lowest BCUT2D eigenvalue weighted by molar-refractivity contribution is -0.151. The van der Waals surface area contributed by atoms with E-state index in [4.69, 9.17) is 9.47 Å². The van der Waals surface area contributed by atoms with Gasteiger partial charge in [-0.2, -0.15) is 0 Å². The van der Waals surface area contributed by atoms with Crippen molar-refractivity contribution in [2.24, 2.45) is 4.99 Å². The first-order chi connectivity index (χ1) is 11.8. The number of nitrogens with zero attached hydrogens (tertiary/aromatic N) is 3. The zero-order valence-electron chi connectivity index (χ0n) is 15.5. The average molecular weight is 355 g/mol. The minimum atomic E-state index is -0.484. The lowest BCUT2D eigenvalue weighted by Gasteiger charge is -2.23. The molecule has 25 heavy (non-hydrogen) atoms. The van der Waals surface area contributed by atoms with Gasteiger partial charge in [0.15, 0.2) is 11.7 Å². The molecule has 2 N–H and O–H groups in total. The number of aliphatic imine (C=N–C) groups is 1. The normalized spacial score (nSPS) is 22.1. The standard InChI is InChI=1S/C16H29N5O4/c1-20(2)13(22)10-17-15(18-11-14(23)21(3)4)19-12-5-6-16(9-12)24-7-8-25-16/h12H,5-11H2,1-4H3,(H2,17,18,19).